The van der Waals surface area contributed by atoms with Crippen LogP contribution in [0.4, 0.5) is 0 Å². The van der Waals surface area contributed by atoms with Gasteiger partial charge in [0.05, 0.1) is 11.8 Å². The molecule has 9 unspecified atom stereocenters. The predicted molar refractivity (Wildman–Crippen MR) is 244 cm³/mol. The first kappa shape index (κ1) is 49.1. The standard InChI is InChI=1S/C32H52O4.C7H14BN2O.C7H13NO.C4H8/c1-28(2,27(34)35)19-26(33)36-25-14-18-32(7)23(29(25,3)4)13-17-31(6)22-12-16-30(5)15-8-9-21(30)20(22)10-11-24(31)32;8-7-9-1-2-10-3-5-11-6-4-10;1-7-2-4-8(6-9)5-3-7;1-4-2-3-4/h20-25H,8-19H2,1-7H3,(H,34,35);7,9H,1-6H2;6-7H,2-5H2,1H3;4H,2-3H2,1H3. The van der Waals surface area contributed by atoms with Gasteiger partial charge < -0.3 is 14.7 Å². The Bertz CT molecular complexity index is 1420. The Hall–Kier alpha value is -1.94. The molecule has 2 saturated heterocycles. The number of carbonyl (C=O) groups is 3. The van der Waals surface area contributed by atoms with Crippen molar-refractivity contribution < 1.29 is 29.0 Å². The van der Waals surface area contributed by atoms with Crippen LogP contribution in [0, 0.1) is 68.5 Å². The molecule has 0 aromatic carbocycles. The van der Waals surface area contributed by atoms with E-state index in [-0.39, 0.29) is 23.9 Å². The fourth-order valence-corrected chi connectivity index (χ4v) is 13.8. The topological polar surface area (TPSA) is 108 Å². The number of hydrogen-bond donors (Lipinski definition) is 2. The molecule has 2 N–H and O–H groups in total. The normalized spacial score (nSPS) is 37.2. The molecule has 8 fully saturated rings. The Morgan fingerprint density at radius 3 is 2.05 bits per heavy atom. The van der Waals surface area contributed by atoms with Crippen LogP contribution in [-0.4, -0.2) is 105 Å². The molecule has 0 spiro atoms. The Morgan fingerprint density at radius 2 is 1.45 bits per heavy atom. The number of hydrogen-bond acceptors (Lipinski definition) is 7. The molecule has 0 bridgehead atoms. The molecular weight excluding hydrogens is 749 g/mol. The summed E-state index contributed by atoms with van der Waals surface area (Å²) in [5, 5.41) is 12.4. The number of nitrogens with one attached hydrogen (secondary N) is 1. The SMILES string of the molecule is CC(C)(CC(=O)OC1CCC2(C)C(CCC3(C)C4CCC5(C)CCCC5C4CCC32)C1(C)C)C(=O)O.CC1CC1.CC1CCN(C=O)CC1.[B]=CNCCN1CCOCC1. The number of nitrogens with zero attached hydrogens (tertiary/aromatic N) is 2. The summed E-state index contributed by atoms with van der Waals surface area (Å²) < 4.78 is 11.3. The molecule has 8 aliphatic rings. The Balaban J connectivity index is 0.000000228. The molecule has 6 saturated carbocycles. The van der Waals surface area contributed by atoms with Crippen LogP contribution in [0.25, 0.3) is 0 Å². The van der Waals surface area contributed by atoms with Crippen molar-refractivity contribution in [2.45, 2.75) is 171 Å². The van der Waals surface area contributed by atoms with Crippen molar-refractivity contribution in [1.82, 2.24) is 15.1 Å². The van der Waals surface area contributed by atoms with Gasteiger partial charge in [-0.3, -0.25) is 14.4 Å². The summed E-state index contributed by atoms with van der Waals surface area (Å²) in [7, 11) is 5.16. The number of carbonyl (C=O) groups excluding carboxylic acids is 2. The van der Waals surface area contributed by atoms with Crippen LogP contribution in [0.3, 0.4) is 0 Å². The maximum absolute atomic E-state index is 12.8. The minimum absolute atomic E-state index is 0.0688. The average molecular weight is 837 g/mol. The molecule has 341 valence electrons. The van der Waals surface area contributed by atoms with Crippen molar-refractivity contribution in [2.75, 3.05) is 52.5 Å². The number of piperidine rings is 1. The molecule has 10 heteroatoms. The van der Waals surface area contributed by atoms with Gasteiger partial charge in [-0.25, -0.2) is 0 Å². The van der Waals surface area contributed by atoms with E-state index in [1.54, 1.807) is 13.8 Å². The molecule has 0 aromatic heterocycles. The van der Waals surface area contributed by atoms with Gasteiger partial charge in [-0.05, 0) is 149 Å². The van der Waals surface area contributed by atoms with Gasteiger partial charge >= 0.3 is 79.9 Å². The van der Waals surface area contributed by atoms with E-state index in [9.17, 15) is 19.5 Å². The van der Waals surface area contributed by atoms with Crippen molar-refractivity contribution in [1.29, 1.82) is 0 Å². The summed E-state index contributed by atoms with van der Waals surface area (Å²) in [6.45, 7) is 28.0. The van der Waals surface area contributed by atoms with Gasteiger partial charge in [-0.1, -0.05) is 67.7 Å². The monoisotopic (exact) mass is 837 g/mol. The summed E-state index contributed by atoms with van der Waals surface area (Å²) in [4.78, 5) is 38.8. The van der Waals surface area contributed by atoms with Crippen LogP contribution in [-0.2, 0) is 23.9 Å². The number of likely N-dealkylation sites (tertiary alicyclic amines) is 1. The van der Waals surface area contributed by atoms with Crippen molar-refractivity contribution in [3.63, 3.8) is 0 Å². The molecule has 8 rings (SSSR count). The third kappa shape index (κ3) is 11.6. The van der Waals surface area contributed by atoms with E-state index in [1.165, 1.54) is 89.6 Å². The van der Waals surface area contributed by atoms with Crippen LogP contribution in [0.15, 0.2) is 0 Å². The fourth-order valence-electron chi connectivity index (χ4n) is 13.8. The molecule has 0 aromatic rings. The number of aliphatic carboxylic acids is 1. The van der Waals surface area contributed by atoms with Crippen LogP contribution in [0.5, 0.6) is 0 Å². The molecule has 9 atom stereocenters. The summed E-state index contributed by atoms with van der Waals surface area (Å²) in [5.74, 6) is 4.70. The first-order valence-corrected chi connectivity index (χ1v) is 24.5. The van der Waals surface area contributed by atoms with E-state index in [0.717, 1.165) is 107 Å². The predicted octanol–water partition coefficient (Wildman–Crippen LogP) is 9.01. The summed E-state index contributed by atoms with van der Waals surface area (Å²) >= 11 is 0. The summed E-state index contributed by atoms with van der Waals surface area (Å²) in [6, 6.07) is 0. The average Bonchev–Trinajstić information content (AvgIpc) is 3.88. The molecule has 1 radical (unpaired) electrons. The van der Waals surface area contributed by atoms with E-state index in [1.807, 2.05) is 4.90 Å². The second-order valence-electron chi connectivity index (χ2n) is 23.0. The number of esters is 1. The van der Waals surface area contributed by atoms with Gasteiger partial charge in [-0.15, -0.1) is 0 Å². The number of amides is 1. The first-order valence-electron chi connectivity index (χ1n) is 24.5. The number of fused-ring (bicyclic) bond motifs is 7. The van der Waals surface area contributed by atoms with Gasteiger partial charge in [-0.2, -0.15) is 0 Å². The fraction of sp³-hybridized carbons (Fsp3) is 0.920. The Kier molecular flexibility index (Phi) is 16.9. The van der Waals surface area contributed by atoms with Crippen molar-refractivity contribution in [3.05, 3.63) is 0 Å². The second-order valence-corrected chi connectivity index (χ2v) is 23.0. The maximum atomic E-state index is 12.8. The molecule has 1 amide bonds. The molecule has 6 aliphatic carbocycles. The van der Waals surface area contributed by atoms with E-state index in [0.29, 0.717) is 22.2 Å². The molecule has 2 heterocycles. The number of morpholine rings is 1. The molecule has 2 aliphatic heterocycles. The zero-order valence-electron chi connectivity index (χ0n) is 39.7. The van der Waals surface area contributed by atoms with Crippen molar-refractivity contribution in [2.24, 2.45) is 68.5 Å². The third-order valence-electron chi connectivity index (χ3n) is 18.0. The summed E-state index contributed by atoms with van der Waals surface area (Å²) in [6.07, 6.45) is 22.2. The van der Waals surface area contributed by atoms with Gasteiger partial charge in [0.2, 0.25) is 6.41 Å². The van der Waals surface area contributed by atoms with E-state index >= 15 is 0 Å². The second kappa shape index (κ2) is 20.7. The molecule has 60 heavy (non-hydrogen) atoms. The number of carboxylic acid groups (broad SMARTS) is 1. The van der Waals surface area contributed by atoms with Crippen molar-refractivity contribution >= 4 is 31.9 Å². The van der Waals surface area contributed by atoms with Crippen LogP contribution in [0.2, 0.25) is 0 Å². The molecular formula is C50H87BN3O6. The zero-order chi connectivity index (χ0) is 43.9. The number of ether oxygens (including phenoxy) is 2. The van der Waals surface area contributed by atoms with Crippen LogP contribution in [0.1, 0.15) is 165 Å². The van der Waals surface area contributed by atoms with E-state index < -0.39 is 11.4 Å². The number of rotatable bonds is 9. The Morgan fingerprint density at radius 1 is 0.800 bits per heavy atom. The summed E-state index contributed by atoms with van der Waals surface area (Å²) in [5.41, 5.74) is 0.171. The quantitative estimate of drug-likeness (QED) is 0.103. The zero-order valence-corrected chi connectivity index (χ0v) is 39.7. The van der Waals surface area contributed by atoms with E-state index in [4.69, 9.17) is 17.0 Å². The van der Waals surface area contributed by atoms with Gasteiger partial charge in [0.1, 0.15) is 6.10 Å². The van der Waals surface area contributed by atoms with Crippen LogP contribution >= 0.6 is 0 Å². The van der Waals surface area contributed by atoms with Crippen molar-refractivity contribution in [3.8, 4) is 0 Å². The third-order valence-corrected chi connectivity index (χ3v) is 18.0. The minimum atomic E-state index is -1.09. The van der Waals surface area contributed by atoms with Gasteiger partial charge in [0, 0.05) is 18.5 Å². The van der Waals surface area contributed by atoms with Crippen LogP contribution < -0.4 is 5.32 Å². The Labute approximate surface area is 367 Å². The number of carboxylic acids is 1. The van der Waals surface area contributed by atoms with Gasteiger partial charge in [0.25, 0.3) is 0 Å². The van der Waals surface area contributed by atoms with E-state index in [2.05, 4.69) is 58.7 Å². The first-order chi connectivity index (χ1) is 28.3. The molecule has 9 nitrogen and oxygen atoms in total. The van der Waals surface area contributed by atoms with Gasteiger partial charge in [0.15, 0.2) is 0 Å².